The van der Waals surface area contributed by atoms with Gasteiger partial charge < -0.3 is 18.6 Å². The molecule has 0 amide bonds. The van der Waals surface area contributed by atoms with Gasteiger partial charge in [0.15, 0.2) is 6.10 Å². The molecule has 162 valence electrons. The van der Waals surface area contributed by atoms with Crippen molar-refractivity contribution in [1.82, 2.24) is 0 Å². The third kappa shape index (κ3) is 5.10. The number of esters is 1. The van der Waals surface area contributed by atoms with E-state index >= 15 is 0 Å². The van der Waals surface area contributed by atoms with E-state index in [0.717, 1.165) is 30.2 Å². The minimum atomic E-state index is -0.760. The van der Waals surface area contributed by atoms with Crippen molar-refractivity contribution in [1.29, 1.82) is 0 Å². The second-order valence-electron chi connectivity index (χ2n) is 7.58. The summed E-state index contributed by atoms with van der Waals surface area (Å²) in [7, 11) is 0. The van der Waals surface area contributed by atoms with Gasteiger partial charge >= 0.3 is 5.97 Å². The molecule has 7 heteroatoms. The van der Waals surface area contributed by atoms with Crippen LogP contribution < -0.4 is 14.9 Å². The molecule has 4 rings (SSSR count). The summed E-state index contributed by atoms with van der Waals surface area (Å²) >= 11 is 3.39. The Labute approximate surface area is 188 Å². The minimum Gasteiger partial charge on any atom is -0.479 e. The molecule has 1 fully saturated rings. The summed E-state index contributed by atoms with van der Waals surface area (Å²) in [6.07, 6.45) is 5.67. The Hall–Kier alpha value is -2.80. The van der Waals surface area contributed by atoms with Gasteiger partial charge in [0.2, 0.25) is 11.2 Å². The van der Waals surface area contributed by atoms with E-state index in [4.69, 9.17) is 18.6 Å². The molecule has 0 N–H and O–H groups in total. The lowest BCUT2D eigenvalue weighted by atomic mass is 9.98. The smallest absolute Gasteiger partial charge is 0.347 e. The van der Waals surface area contributed by atoms with Gasteiger partial charge in [-0.05, 0) is 72.8 Å². The van der Waals surface area contributed by atoms with Crippen LogP contribution in [0.4, 0.5) is 0 Å². The first-order chi connectivity index (χ1) is 15.0. The van der Waals surface area contributed by atoms with Crippen LogP contribution in [0.3, 0.4) is 0 Å². The predicted molar refractivity (Wildman–Crippen MR) is 120 cm³/mol. The standard InChI is InChI=1S/C24H23BrO6/c1-15(24(27)30-16-7-3-2-4-8-16)29-17-11-12-18-21(13-17)28-14-22(23(18)26)31-20-10-6-5-9-19(20)25/h5-6,9-16H,2-4,7-8H2,1H3. The number of ether oxygens (including phenoxy) is 3. The van der Waals surface area contributed by atoms with Gasteiger partial charge in [0.1, 0.15) is 29.4 Å². The molecule has 0 aliphatic heterocycles. The fourth-order valence-electron chi connectivity index (χ4n) is 3.58. The molecule has 0 spiro atoms. The molecule has 0 bridgehead atoms. The zero-order chi connectivity index (χ0) is 21.8. The van der Waals surface area contributed by atoms with E-state index in [1.165, 1.54) is 12.7 Å². The second kappa shape index (κ2) is 9.56. The third-order valence-electron chi connectivity index (χ3n) is 5.25. The molecule has 31 heavy (non-hydrogen) atoms. The maximum Gasteiger partial charge on any atom is 0.347 e. The number of rotatable bonds is 6. The summed E-state index contributed by atoms with van der Waals surface area (Å²) in [5.41, 5.74) is 0.0446. The van der Waals surface area contributed by atoms with E-state index in [1.54, 1.807) is 31.2 Å². The van der Waals surface area contributed by atoms with E-state index in [9.17, 15) is 9.59 Å². The highest BCUT2D eigenvalue weighted by atomic mass is 79.9. The Bertz CT molecular complexity index is 1130. The summed E-state index contributed by atoms with van der Waals surface area (Å²) in [5, 5.41) is 0.356. The van der Waals surface area contributed by atoms with E-state index in [2.05, 4.69) is 15.9 Å². The summed E-state index contributed by atoms with van der Waals surface area (Å²) in [6, 6.07) is 12.1. The Morgan fingerprint density at radius 3 is 2.65 bits per heavy atom. The van der Waals surface area contributed by atoms with Gasteiger partial charge in [-0.15, -0.1) is 0 Å². The molecule has 0 radical (unpaired) electrons. The third-order valence-corrected chi connectivity index (χ3v) is 5.91. The maximum atomic E-state index is 12.8. The lowest BCUT2D eigenvalue weighted by Gasteiger charge is -2.23. The van der Waals surface area contributed by atoms with Crippen LogP contribution in [0.25, 0.3) is 11.0 Å². The van der Waals surface area contributed by atoms with Crippen molar-refractivity contribution < 1.29 is 23.4 Å². The summed E-state index contributed by atoms with van der Waals surface area (Å²) in [4.78, 5) is 25.1. The molecule has 1 aliphatic carbocycles. The molecular formula is C24H23BrO6. The normalized spacial score (nSPS) is 15.4. The Morgan fingerprint density at radius 2 is 1.87 bits per heavy atom. The maximum absolute atomic E-state index is 12.8. The first-order valence-corrected chi connectivity index (χ1v) is 11.2. The molecule has 2 aromatic carbocycles. The summed E-state index contributed by atoms with van der Waals surface area (Å²) < 4.78 is 23.3. The Kier molecular flexibility index (Phi) is 6.61. The van der Waals surface area contributed by atoms with Crippen LogP contribution in [-0.2, 0) is 9.53 Å². The lowest BCUT2D eigenvalue weighted by Crippen LogP contribution is -2.31. The minimum absolute atomic E-state index is 0.0232. The van der Waals surface area contributed by atoms with Crippen LogP contribution in [0, 0.1) is 0 Å². The number of para-hydroxylation sites is 1. The zero-order valence-corrected chi connectivity index (χ0v) is 18.7. The van der Waals surface area contributed by atoms with Crippen molar-refractivity contribution in [2.75, 3.05) is 0 Å². The van der Waals surface area contributed by atoms with Gasteiger partial charge in [0, 0.05) is 6.07 Å². The summed E-state index contributed by atoms with van der Waals surface area (Å²) in [6.45, 7) is 1.65. The van der Waals surface area contributed by atoms with Crippen molar-refractivity contribution in [3.8, 4) is 17.2 Å². The number of hydrogen-bond donors (Lipinski definition) is 0. The van der Waals surface area contributed by atoms with E-state index in [-0.39, 0.29) is 23.3 Å². The molecule has 1 aromatic heterocycles. The van der Waals surface area contributed by atoms with Crippen molar-refractivity contribution in [3.05, 3.63) is 63.4 Å². The topological polar surface area (TPSA) is 75.0 Å². The number of halogens is 1. The zero-order valence-electron chi connectivity index (χ0n) is 17.1. The van der Waals surface area contributed by atoms with E-state index in [0.29, 0.717) is 22.5 Å². The molecule has 1 heterocycles. The van der Waals surface area contributed by atoms with Gasteiger partial charge in [-0.1, -0.05) is 18.6 Å². The Balaban J connectivity index is 1.47. The highest BCUT2D eigenvalue weighted by Gasteiger charge is 2.23. The second-order valence-corrected chi connectivity index (χ2v) is 8.43. The van der Waals surface area contributed by atoms with Crippen LogP contribution in [0.1, 0.15) is 39.0 Å². The molecule has 1 saturated carbocycles. The molecule has 6 nitrogen and oxygen atoms in total. The molecule has 1 unspecified atom stereocenters. The molecule has 1 aliphatic rings. The van der Waals surface area contributed by atoms with Crippen LogP contribution in [0.5, 0.6) is 17.2 Å². The Morgan fingerprint density at radius 1 is 1.10 bits per heavy atom. The van der Waals surface area contributed by atoms with Crippen molar-refractivity contribution >= 4 is 32.9 Å². The highest BCUT2D eigenvalue weighted by molar-refractivity contribution is 9.10. The van der Waals surface area contributed by atoms with Crippen molar-refractivity contribution in [3.63, 3.8) is 0 Å². The SMILES string of the molecule is CC(Oc1ccc2c(=O)c(Oc3ccccc3Br)coc2c1)C(=O)OC1CCCCC1. The van der Waals surface area contributed by atoms with Gasteiger partial charge in [-0.3, -0.25) is 4.79 Å². The number of fused-ring (bicyclic) bond motifs is 1. The molecule has 0 saturated heterocycles. The largest absolute Gasteiger partial charge is 0.479 e. The first kappa shape index (κ1) is 21.4. The predicted octanol–water partition coefficient (Wildman–Crippen LogP) is 5.99. The van der Waals surface area contributed by atoms with E-state index < -0.39 is 6.10 Å². The van der Waals surface area contributed by atoms with Gasteiger partial charge in [0.05, 0.1) is 9.86 Å². The fourth-order valence-corrected chi connectivity index (χ4v) is 3.94. The number of hydrogen-bond acceptors (Lipinski definition) is 6. The molecule has 1 atom stereocenters. The quantitative estimate of drug-likeness (QED) is 0.398. The van der Waals surface area contributed by atoms with Crippen LogP contribution >= 0.6 is 15.9 Å². The monoisotopic (exact) mass is 486 g/mol. The van der Waals surface area contributed by atoms with Crippen LogP contribution in [0.2, 0.25) is 0 Å². The fraction of sp³-hybridized carbons (Fsp3) is 0.333. The van der Waals surface area contributed by atoms with Crippen molar-refractivity contribution in [2.45, 2.75) is 51.2 Å². The van der Waals surface area contributed by atoms with Gasteiger partial charge in [-0.2, -0.15) is 0 Å². The lowest BCUT2D eigenvalue weighted by molar-refractivity contribution is -0.158. The van der Waals surface area contributed by atoms with Crippen LogP contribution in [-0.4, -0.2) is 18.2 Å². The van der Waals surface area contributed by atoms with Gasteiger partial charge in [0.25, 0.3) is 0 Å². The number of benzene rings is 2. The average Bonchev–Trinajstić information content (AvgIpc) is 2.78. The number of carbonyl (C=O) groups excluding carboxylic acids is 1. The molecular weight excluding hydrogens is 464 g/mol. The van der Waals surface area contributed by atoms with Crippen molar-refractivity contribution in [2.24, 2.45) is 0 Å². The average molecular weight is 487 g/mol. The summed E-state index contributed by atoms with van der Waals surface area (Å²) in [5.74, 6) is 0.630. The molecule has 3 aromatic rings. The van der Waals surface area contributed by atoms with Crippen LogP contribution in [0.15, 0.2) is 62.4 Å². The highest BCUT2D eigenvalue weighted by Crippen LogP contribution is 2.29. The first-order valence-electron chi connectivity index (χ1n) is 10.4. The number of carbonyl (C=O) groups is 1. The van der Waals surface area contributed by atoms with Gasteiger partial charge in [-0.25, -0.2) is 4.79 Å². The van der Waals surface area contributed by atoms with E-state index in [1.807, 2.05) is 18.2 Å².